The monoisotopic (exact) mass is 666 g/mol. The van der Waals surface area contributed by atoms with Crippen molar-refractivity contribution < 1.29 is 49.5 Å². The molecule has 0 aliphatic carbocycles. The normalized spacial score (nSPS) is 35.0. The summed E-state index contributed by atoms with van der Waals surface area (Å²) < 4.78 is 19.9. The summed E-state index contributed by atoms with van der Waals surface area (Å²) in [5.41, 5.74) is 6.73. The number of ether oxygens (including phenoxy) is 2. The smallest absolute Gasteiger partial charge is 0.195 e. The van der Waals surface area contributed by atoms with E-state index in [9.17, 15) is 30.4 Å². The summed E-state index contributed by atoms with van der Waals surface area (Å²) in [6.07, 6.45) is 0.945. The standard InChI is InChI=1S/C14H21N4O6P.C13H18N4O4/c1-13(5-23-25(22)7-19)11(20)14(2,21)12(24-13)18-4-3-8-9(15)16-6-17-10(8)18;1-12(5-18)10(19)13(2,20)11(21-12)17-4-3-7-8(14)15-6-16-9(7)17/h3-4,6,11-12,19-22H,5,7H2,1-2H3,(H2,15,16,17);3-4,6,10-11,18-20H,5H2,1-2H3,(H2,14,15,16)/t11?,12-,13-,14-,25?;10?,11-,12-,13-/m11/s1. The van der Waals surface area contributed by atoms with Crippen LogP contribution in [-0.2, 0) is 14.0 Å². The Hall–Kier alpha value is -3.13. The van der Waals surface area contributed by atoms with Crippen LogP contribution in [0.25, 0.3) is 22.1 Å². The lowest BCUT2D eigenvalue weighted by molar-refractivity contribution is -0.119. The molecule has 2 fully saturated rings. The van der Waals surface area contributed by atoms with Gasteiger partial charge in [0.1, 0.15) is 76.5 Å². The molecule has 252 valence electrons. The third-order valence-corrected chi connectivity index (χ3v) is 9.22. The van der Waals surface area contributed by atoms with E-state index in [0.29, 0.717) is 33.7 Å². The molecule has 4 aromatic heterocycles. The second-order valence-corrected chi connectivity index (χ2v) is 13.4. The average Bonchev–Trinajstić information content (AvgIpc) is 3.74. The number of anilines is 2. The molecule has 2 saturated heterocycles. The predicted molar refractivity (Wildman–Crippen MR) is 163 cm³/mol. The van der Waals surface area contributed by atoms with Crippen LogP contribution < -0.4 is 11.5 Å². The van der Waals surface area contributed by atoms with Crippen molar-refractivity contribution in [3.63, 3.8) is 0 Å². The molecule has 3 unspecified atom stereocenters. The van der Waals surface area contributed by atoms with Crippen LogP contribution in [0.1, 0.15) is 40.2 Å². The van der Waals surface area contributed by atoms with E-state index in [1.165, 1.54) is 26.5 Å². The third-order valence-electron chi connectivity index (χ3n) is 8.55. The van der Waals surface area contributed by atoms with Crippen LogP contribution in [0.3, 0.4) is 0 Å². The number of aromatic nitrogens is 6. The second kappa shape index (κ2) is 12.1. The quantitative estimate of drug-likeness (QED) is 0.108. The van der Waals surface area contributed by atoms with Gasteiger partial charge >= 0.3 is 0 Å². The van der Waals surface area contributed by atoms with E-state index in [1.807, 2.05) is 0 Å². The van der Waals surface area contributed by atoms with Gasteiger partial charge in [0.2, 0.25) is 0 Å². The van der Waals surface area contributed by atoms with Gasteiger partial charge in [0.15, 0.2) is 20.8 Å². The van der Waals surface area contributed by atoms with Crippen LogP contribution in [0.2, 0.25) is 0 Å². The Morgan fingerprint density at radius 1 is 0.804 bits per heavy atom. The summed E-state index contributed by atoms with van der Waals surface area (Å²) >= 11 is 0. The first-order chi connectivity index (χ1) is 21.5. The van der Waals surface area contributed by atoms with Crippen LogP contribution >= 0.6 is 8.38 Å². The minimum Gasteiger partial charge on any atom is -0.393 e. The molecule has 18 nitrogen and oxygen atoms in total. The van der Waals surface area contributed by atoms with Crippen molar-refractivity contribution in [3.8, 4) is 0 Å². The van der Waals surface area contributed by atoms with E-state index in [1.54, 1.807) is 47.5 Å². The molecule has 9 atom stereocenters. The Bertz CT molecular complexity index is 1700. The molecular formula is C27H39N8O10P. The molecule has 6 heterocycles. The number of aliphatic hydroxyl groups excluding tert-OH is 4. The fraction of sp³-hybridized carbons (Fsp3) is 0.556. The zero-order valence-corrected chi connectivity index (χ0v) is 26.4. The molecule has 6 rings (SSSR count). The lowest BCUT2D eigenvalue weighted by Crippen LogP contribution is -2.49. The Morgan fingerprint density at radius 2 is 1.24 bits per heavy atom. The predicted octanol–water partition coefficient (Wildman–Crippen LogP) is -0.911. The molecule has 0 aromatic carbocycles. The molecule has 0 bridgehead atoms. The summed E-state index contributed by atoms with van der Waals surface area (Å²) in [7, 11) is -2.03. The molecular weight excluding hydrogens is 627 g/mol. The first-order valence-corrected chi connectivity index (χ1v) is 15.5. The largest absolute Gasteiger partial charge is 0.393 e. The topological polar surface area (TPSA) is 283 Å². The minimum absolute atomic E-state index is 0.208. The number of aliphatic hydroxyl groups is 6. The molecule has 46 heavy (non-hydrogen) atoms. The minimum atomic E-state index is -2.03. The van der Waals surface area contributed by atoms with E-state index in [-0.39, 0.29) is 6.61 Å². The SMILES string of the molecule is C[C@]1(CO)O[C@@H](n2ccc3c(N)ncnc32)[C@](C)(O)C1O.C[C@]1(COP(O)CO)O[C@@H](n2ccc3c(N)ncnc32)[C@](C)(O)C1O. The van der Waals surface area contributed by atoms with Crippen molar-refractivity contribution in [2.24, 2.45) is 0 Å². The zero-order valence-electron chi connectivity index (χ0n) is 25.5. The number of nitrogen functional groups attached to an aromatic ring is 2. The Labute approximate surface area is 263 Å². The zero-order chi connectivity index (χ0) is 33.8. The third kappa shape index (κ3) is 5.58. The Morgan fingerprint density at radius 3 is 1.65 bits per heavy atom. The summed E-state index contributed by atoms with van der Waals surface area (Å²) in [6.45, 7) is 5.37. The molecule has 2 aliphatic rings. The highest BCUT2D eigenvalue weighted by molar-refractivity contribution is 7.45. The van der Waals surface area contributed by atoms with Gasteiger partial charge in [-0.25, -0.2) is 19.9 Å². The van der Waals surface area contributed by atoms with Crippen molar-refractivity contribution in [1.29, 1.82) is 0 Å². The Balaban J connectivity index is 0.000000184. The van der Waals surface area contributed by atoms with Gasteiger partial charge in [0.05, 0.1) is 24.0 Å². The van der Waals surface area contributed by atoms with E-state index in [2.05, 4.69) is 19.9 Å². The molecule has 4 aromatic rings. The number of fused-ring (bicyclic) bond motifs is 2. The summed E-state index contributed by atoms with van der Waals surface area (Å²) in [5.74, 6) is 0.615. The summed E-state index contributed by atoms with van der Waals surface area (Å²) in [4.78, 5) is 25.6. The number of nitrogens with zero attached hydrogens (tertiary/aromatic N) is 6. The first-order valence-electron chi connectivity index (χ1n) is 14.1. The highest BCUT2D eigenvalue weighted by atomic mass is 31.2. The maximum absolute atomic E-state index is 10.8. The van der Waals surface area contributed by atoms with E-state index >= 15 is 0 Å². The van der Waals surface area contributed by atoms with Gasteiger partial charge < -0.3 is 70.1 Å². The van der Waals surface area contributed by atoms with Crippen molar-refractivity contribution in [3.05, 3.63) is 37.2 Å². The molecule has 0 saturated carbocycles. The van der Waals surface area contributed by atoms with Crippen LogP contribution in [0.5, 0.6) is 0 Å². The number of nitrogens with two attached hydrogens (primary N) is 2. The Kier molecular flexibility index (Phi) is 9.04. The lowest BCUT2D eigenvalue weighted by atomic mass is 9.89. The maximum Gasteiger partial charge on any atom is 0.195 e. The fourth-order valence-electron chi connectivity index (χ4n) is 5.90. The molecule has 0 radical (unpaired) electrons. The van der Waals surface area contributed by atoms with Gasteiger partial charge in [0.25, 0.3) is 0 Å². The van der Waals surface area contributed by atoms with Crippen LogP contribution in [0, 0.1) is 0 Å². The first kappa shape index (κ1) is 34.2. The van der Waals surface area contributed by atoms with Crippen molar-refractivity contribution >= 4 is 42.1 Å². The average molecular weight is 667 g/mol. The summed E-state index contributed by atoms with van der Waals surface area (Å²) in [5, 5.41) is 61.9. The molecule has 0 amide bonds. The maximum atomic E-state index is 10.8. The van der Waals surface area contributed by atoms with E-state index < -0.39 is 68.4 Å². The molecule has 2 aliphatic heterocycles. The van der Waals surface area contributed by atoms with Crippen molar-refractivity contribution in [1.82, 2.24) is 29.1 Å². The molecule has 19 heteroatoms. The van der Waals surface area contributed by atoms with Crippen molar-refractivity contribution in [2.45, 2.75) is 74.8 Å². The summed E-state index contributed by atoms with van der Waals surface area (Å²) in [6, 6.07) is 3.41. The van der Waals surface area contributed by atoms with Crippen molar-refractivity contribution in [2.75, 3.05) is 31.0 Å². The highest BCUT2D eigenvalue weighted by Gasteiger charge is 2.60. The van der Waals surface area contributed by atoms with Gasteiger partial charge in [-0.1, -0.05) is 0 Å². The number of rotatable bonds is 7. The van der Waals surface area contributed by atoms with E-state index in [4.69, 9.17) is 30.6 Å². The van der Waals surface area contributed by atoms with Gasteiger partial charge in [-0.3, -0.25) is 0 Å². The van der Waals surface area contributed by atoms with Gasteiger partial charge in [-0.2, -0.15) is 0 Å². The molecule has 11 N–H and O–H groups in total. The highest BCUT2D eigenvalue weighted by Crippen LogP contribution is 2.47. The van der Waals surface area contributed by atoms with Gasteiger partial charge in [0, 0.05) is 12.4 Å². The van der Waals surface area contributed by atoms with Gasteiger partial charge in [-0.15, -0.1) is 0 Å². The lowest BCUT2D eigenvalue weighted by Gasteiger charge is -2.30. The van der Waals surface area contributed by atoms with Gasteiger partial charge in [-0.05, 0) is 39.8 Å². The van der Waals surface area contributed by atoms with Crippen LogP contribution in [0.15, 0.2) is 37.2 Å². The molecule has 0 spiro atoms. The second-order valence-electron chi connectivity index (χ2n) is 12.2. The van der Waals surface area contributed by atoms with Crippen LogP contribution in [-0.4, -0.2) is 119 Å². The number of hydrogen-bond acceptors (Lipinski definition) is 16. The van der Waals surface area contributed by atoms with E-state index in [0.717, 1.165) is 0 Å². The number of hydrogen-bond donors (Lipinski definition) is 9. The van der Waals surface area contributed by atoms with Crippen LogP contribution in [0.4, 0.5) is 11.6 Å². The fourth-order valence-corrected chi connectivity index (χ4v) is 6.39.